The predicted octanol–water partition coefficient (Wildman–Crippen LogP) is 6.02. The summed E-state index contributed by atoms with van der Waals surface area (Å²) in [7, 11) is 0. The number of halogens is 2. The number of piperidine rings is 1. The van der Waals surface area contributed by atoms with E-state index in [-0.39, 0.29) is 17.8 Å². The van der Waals surface area contributed by atoms with Crippen LogP contribution in [0.25, 0.3) is 0 Å². The van der Waals surface area contributed by atoms with E-state index in [0.717, 1.165) is 43.8 Å². The molecule has 1 fully saturated rings. The molecule has 3 aromatic carbocycles. The Balaban J connectivity index is 0.00000218. The second kappa shape index (κ2) is 8.63. The summed E-state index contributed by atoms with van der Waals surface area (Å²) in [5, 5.41) is 11.0. The number of aromatic hydroxyl groups is 1. The van der Waals surface area contributed by atoms with Crippen LogP contribution in [0.5, 0.6) is 5.75 Å². The van der Waals surface area contributed by atoms with Crippen LogP contribution < -0.4 is 0 Å². The van der Waals surface area contributed by atoms with Gasteiger partial charge in [-0.3, -0.25) is 4.90 Å². The molecule has 5 rings (SSSR count). The molecule has 4 heteroatoms. The third-order valence-corrected chi connectivity index (χ3v) is 7.17. The van der Waals surface area contributed by atoms with E-state index in [4.69, 9.17) is 11.6 Å². The lowest BCUT2D eigenvalue weighted by Gasteiger charge is -2.52. The molecule has 2 atom stereocenters. The SMILES string of the molecule is Cl.Oc1ccc2c(c1)C1(c3ccc(Cl)cc3)CCN(CCc3ccccc3)C(C2)C1. The van der Waals surface area contributed by atoms with Gasteiger partial charge in [-0.2, -0.15) is 0 Å². The Morgan fingerprint density at radius 3 is 2.53 bits per heavy atom. The van der Waals surface area contributed by atoms with Crippen LogP contribution in [0.1, 0.15) is 35.1 Å². The van der Waals surface area contributed by atoms with Crippen molar-refractivity contribution in [3.63, 3.8) is 0 Å². The van der Waals surface area contributed by atoms with Gasteiger partial charge < -0.3 is 5.11 Å². The minimum Gasteiger partial charge on any atom is -0.508 e. The smallest absolute Gasteiger partial charge is 0.115 e. The van der Waals surface area contributed by atoms with Gasteiger partial charge in [0.1, 0.15) is 5.75 Å². The van der Waals surface area contributed by atoms with Crippen LogP contribution in [-0.2, 0) is 18.3 Å². The van der Waals surface area contributed by atoms with Gasteiger partial charge in [0, 0.05) is 23.0 Å². The van der Waals surface area contributed by atoms with E-state index in [1.807, 2.05) is 24.3 Å². The van der Waals surface area contributed by atoms with Crippen LogP contribution >= 0.6 is 24.0 Å². The van der Waals surface area contributed by atoms with Gasteiger partial charge in [0.25, 0.3) is 0 Å². The molecule has 2 aliphatic rings. The largest absolute Gasteiger partial charge is 0.508 e. The third kappa shape index (κ3) is 3.85. The third-order valence-electron chi connectivity index (χ3n) is 6.92. The number of likely N-dealkylation sites (tertiary alicyclic amines) is 1. The topological polar surface area (TPSA) is 23.5 Å². The number of benzene rings is 3. The van der Waals surface area contributed by atoms with E-state index in [0.29, 0.717) is 11.8 Å². The van der Waals surface area contributed by atoms with Crippen molar-refractivity contribution in [3.05, 3.63) is 100 Å². The zero-order valence-corrected chi connectivity index (χ0v) is 18.5. The molecule has 0 amide bonds. The summed E-state index contributed by atoms with van der Waals surface area (Å²) in [6, 6.07) is 25.6. The molecule has 2 unspecified atom stereocenters. The Morgan fingerprint density at radius 1 is 1.00 bits per heavy atom. The number of hydrogen-bond donors (Lipinski definition) is 1. The zero-order chi connectivity index (χ0) is 19.8. The van der Waals surface area contributed by atoms with Crippen molar-refractivity contribution in [2.24, 2.45) is 0 Å². The fourth-order valence-electron chi connectivity index (χ4n) is 5.44. The summed E-state index contributed by atoms with van der Waals surface area (Å²) in [4.78, 5) is 2.68. The fourth-order valence-corrected chi connectivity index (χ4v) is 5.56. The Bertz CT molecular complexity index is 1010. The normalized spacial score (nSPS) is 22.8. The Labute approximate surface area is 189 Å². The first-order chi connectivity index (χ1) is 14.1. The second-order valence-electron chi connectivity index (χ2n) is 8.51. The number of phenols is 1. The maximum atomic E-state index is 10.2. The molecule has 1 aliphatic carbocycles. The highest BCUT2D eigenvalue weighted by Crippen LogP contribution is 2.50. The molecule has 2 nitrogen and oxygen atoms in total. The van der Waals surface area contributed by atoms with E-state index in [1.54, 1.807) is 0 Å². The molecule has 1 saturated heterocycles. The number of nitrogens with zero attached hydrogens (tertiary/aromatic N) is 1. The standard InChI is InChI=1S/C26H26ClNO.ClH/c27-22-9-7-21(8-10-22)26-13-15-28(14-12-19-4-2-1-3-5-19)23(18-26)16-20-6-11-24(29)17-25(20)26;/h1-11,17,23,29H,12-16,18H2;1H. The van der Waals surface area contributed by atoms with Gasteiger partial charge >= 0.3 is 0 Å². The van der Waals surface area contributed by atoms with Gasteiger partial charge in [-0.05, 0) is 78.7 Å². The van der Waals surface area contributed by atoms with Crippen molar-refractivity contribution < 1.29 is 5.11 Å². The molecule has 30 heavy (non-hydrogen) atoms. The Kier molecular flexibility index (Phi) is 6.11. The Hall–Kier alpha value is -2.00. The van der Waals surface area contributed by atoms with E-state index in [2.05, 4.69) is 53.4 Å². The van der Waals surface area contributed by atoms with Gasteiger partial charge in [-0.1, -0.05) is 60.1 Å². The first-order valence-electron chi connectivity index (χ1n) is 10.5. The molecule has 1 N–H and O–H groups in total. The van der Waals surface area contributed by atoms with Crippen molar-refractivity contribution in [1.82, 2.24) is 4.90 Å². The molecule has 1 heterocycles. The molecule has 0 aromatic heterocycles. The zero-order valence-electron chi connectivity index (χ0n) is 16.9. The first-order valence-corrected chi connectivity index (χ1v) is 10.9. The summed E-state index contributed by atoms with van der Waals surface area (Å²) in [6.45, 7) is 2.17. The summed E-state index contributed by atoms with van der Waals surface area (Å²) in [5.41, 5.74) is 5.37. The molecule has 2 bridgehead atoms. The average Bonchev–Trinajstić information content (AvgIpc) is 2.75. The van der Waals surface area contributed by atoms with Crippen LogP contribution in [0.4, 0.5) is 0 Å². The number of hydrogen-bond acceptors (Lipinski definition) is 2. The minimum atomic E-state index is -0.0369. The maximum Gasteiger partial charge on any atom is 0.115 e. The van der Waals surface area contributed by atoms with Gasteiger partial charge in [-0.25, -0.2) is 0 Å². The van der Waals surface area contributed by atoms with E-state index in [9.17, 15) is 5.11 Å². The second-order valence-corrected chi connectivity index (χ2v) is 8.95. The quantitative estimate of drug-likeness (QED) is 0.537. The van der Waals surface area contributed by atoms with Gasteiger partial charge in [0.2, 0.25) is 0 Å². The molecule has 0 saturated carbocycles. The van der Waals surface area contributed by atoms with Crippen molar-refractivity contribution in [1.29, 1.82) is 0 Å². The van der Waals surface area contributed by atoms with Gasteiger partial charge in [0.05, 0.1) is 0 Å². The minimum absolute atomic E-state index is 0. The lowest BCUT2D eigenvalue weighted by atomic mass is 9.60. The number of phenolic OH excluding ortho intramolecular Hbond substituents is 1. The van der Waals surface area contributed by atoms with Crippen LogP contribution in [0.2, 0.25) is 5.02 Å². The molecule has 0 radical (unpaired) electrons. The highest BCUT2D eigenvalue weighted by atomic mass is 35.5. The lowest BCUT2D eigenvalue weighted by Crippen LogP contribution is -2.54. The van der Waals surface area contributed by atoms with Gasteiger partial charge in [0.15, 0.2) is 0 Å². The van der Waals surface area contributed by atoms with Crippen LogP contribution in [0, 0.1) is 0 Å². The molecule has 0 spiro atoms. The fraction of sp³-hybridized carbons (Fsp3) is 0.308. The summed E-state index contributed by atoms with van der Waals surface area (Å²) in [5.74, 6) is 0.363. The lowest BCUT2D eigenvalue weighted by molar-refractivity contribution is 0.0970. The van der Waals surface area contributed by atoms with Crippen molar-refractivity contribution in [2.75, 3.05) is 13.1 Å². The molecule has 3 aromatic rings. The predicted molar refractivity (Wildman–Crippen MR) is 126 cm³/mol. The van der Waals surface area contributed by atoms with Crippen molar-refractivity contribution in [3.8, 4) is 5.75 Å². The first kappa shape index (κ1) is 21.2. The van der Waals surface area contributed by atoms with E-state index in [1.165, 1.54) is 22.3 Å². The van der Waals surface area contributed by atoms with Crippen molar-refractivity contribution >= 4 is 24.0 Å². The molecule has 156 valence electrons. The van der Waals surface area contributed by atoms with E-state index < -0.39 is 0 Å². The van der Waals surface area contributed by atoms with E-state index >= 15 is 0 Å². The molecule has 1 aliphatic heterocycles. The highest BCUT2D eigenvalue weighted by molar-refractivity contribution is 6.30. The average molecular weight is 440 g/mol. The van der Waals surface area contributed by atoms with Gasteiger partial charge in [-0.15, -0.1) is 12.4 Å². The molecular formula is C26H27Cl2NO. The number of rotatable bonds is 4. The number of fused-ring (bicyclic) bond motifs is 4. The summed E-state index contributed by atoms with van der Waals surface area (Å²) in [6.07, 6.45) is 4.31. The molecular weight excluding hydrogens is 413 g/mol. The van der Waals surface area contributed by atoms with Crippen LogP contribution in [0.15, 0.2) is 72.8 Å². The highest BCUT2D eigenvalue weighted by Gasteiger charge is 2.46. The van der Waals surface area contributed by atoms with Crippen LogP contribution in [0.3, 0.4) is 0 Å². The van der Waals surface area contributed by atoms with Crippen molar-refractivity contribution in [2.45, 2.75) is 37.1 Å². The van der Waals surface area contributed by atoms with Crippen LogP contribution in [-0.4, -0.2) is 29.1 Å². The maximum absolute atomic E-state index is 10.2. The Morgan fingerprint density at radius 2 is 1.77 bits per heavy atom. The monoisotopic (exact) mass is 439 g/mol. The summed E-state index contributed by atoms with van der Waals surface area (Å²) < 4.78 is 0. The summed E-state index contributed by atoms with van der Waals surface area (Å²) >= 11 is 6.18.